The SMILES string of the molecule is Cc1cccc(C)c1NC(=O)C(Sc1ccc(NC(=O)/C(=C/c2cccnc2)NC(=O)c2ccccc2)cc1)c1ccccc1. The molecule has 0 spiro atoms. The van der Waals surface area contributed by atoms with Gasteiger partial charge in [-0.2, -0.15) is 0 Å². The highest BCUT2D eigenvalue weighted by molar-refractivity contribution is 8.00. The van der Waals surface area contributed by atoms with E-state index in [4.69, 9.17) is 0 Å². The second-order valence-corrected chi connectivity index (χ2v) is 11.5. The fourth-order valence-corrected chi connectivity index (χ4v) is 5.65. The first-order valence-electron chi connectivity index (χ1n) is 14.4. The molecule has 5 rings (SSSR count). The van der Waals surface area contributed by atoms with Crippen LogP contribution < -0.4 is 16.0 Å². The van der Waals surface area contributed by atoms with E-state index in [1.165, 1.54) is 11.8 Å². The molecule has 0 fully saturated rings. The highest BCUT2D eigenvalue weighted by Gasteiger charge is 2.23. The number of hydrogen-bond acceptors (Lipinski definition) is 5. The highest BCUT2D eigenvalue weighted by atomic mass is 32.2. The third kappa shape index (κ3) is 8.34. The number of carbonyl (C=O) groups excluding carboxylic acids is 3. The summed E-state index contributed by atoms with van der Waals surface area (Å²) in [5.74, 6) is -1.02. The maximum atomic E-state index is 13.6. The Morgan fingerprint density at radius 2 is 1.40 bits per heavy atom. The highest BCUT2D eigenvalue weighted by Crippen LogP contribution is 2.37. The minimum Gasteiger partial charge on any atom is -0.324 e. The number of pyridine rings is 1. The van der Waals surface area contributed by atoms with Crippen LogP contribution in [0.1, 0.15) is 37.9 Å². The van der Waals surface area contributed by atoms with Crippen LogP contribution in [0, 0.1) is 13.8 Å². The van der Waals surface area contributed by atoms with Gasteiger partial charge in [0.15, 0.2) is 0 Å². The lowest BCUT2D eigenvalue weighted by Gasteiger charge is -2.19. The molecule has 3 N–H and O–H groups in total. The van der Waals surface area contributed by atoms with Crippen molar-refractivity contribution in [3.8, 4) is 0 Å². The monoisotopic (exact) mass is 612 g/mol. The van der Waals surface area contributed by atoms with Crippen molar-refractivity contribution in [2.75, 3.05) is 10.6 Å². The minimum atomic E-state index is -0.507. The van der Waals surface area contributed by atoms with Gasteiger partial charge < -0.3 is 16.0 Å². The van der Waals surface area contributed by atoms with E-state index in [0.29, 0.717) is 16.8 Å². The predicted molar refractivity (Wildman–Crippen MR) is 181 cm³/mol. The molecule has 0 saturated carbocycles. The Labute approximate surface area is 266 Å². The average molecular weight is 613 g/mol. The number of para-hydroxylation sites is 1. The van der Waals surface area contributed by atoms with Gasteiger partial charge in [-0.25, -0.2) is 0 Å². The number of aryl methyl sites for hydroxylation is 2. The lowest BCUT2D eigenvalue weighted by atomic mass is 10.1. The molecule has 45 heavy (non-hydrogen) atoms. The molecule has 1 unspecified atom stereocenters. The average Bonchev–Trinajstić information content (AvgIpc) is 3.07. The number of benzene rings is 4. The molecular formula is C37H32N4O3S. The fourth-order valence-electron chi connectivity index (χ4n) is 4.62. The van der Waals surface area contributed by atoms with E-state index in [1.807, 2.05) is 80.6 Å². The number of carbonyl (C=O) groups is 3. The quantitative estimate of drug-likeness (QED) is 0.112. The summed E-state index contributed by atoms with van der Waals surface area (Å²) in [7, 11) is 0. The zero-order chi connectivity index (χ0) is 31.6. The number of anilines is 2. The van der Waals surface area contributed by atoms with E-state index in [9.17, 15) is 14.4 Å². The largest absolute Gasteiger partial charge is 0.324 e. The Hall–Kier alpha value is -5.47. The lowest BCUT2D eigenvalue weighted by molar-refractivity contribution is -0.116. The summed E-state index contributed by atoms with van der Waals surface area (Å²) in [6.45, 7) is 3.95. The van der Waals surface area contributed by atoms with Gasteiger partial charge in [0.1, 0.15) is 10.9 Å². The number of hydrogen-bond donors (Lipinski definition) is 3. The fraction of sp³-hybridized carbons (Fsp3) is 0.0811. The molecule has 0 radical (unpaired) electrons. The van der Waals surface area contributed by atoms with E-state index in [2.05, 4.69) is 20.9 Å². The van der Waals surface area contributed by atoms with Crippen molar-refractivity contribution in [1.29, 1.82) is 0 Å². The van der Waals surface area contributed by atoms with Crippen molar-refractivity contribution in [1.82, 2.24) is 10.3 Å². The molecule has 1 aromatic heterocycles. The Kier molecular flexibility index (Phi) is 10.2. The van der Waals surface area contributed by atoms with Crippen molar-refractivity contribution in [2.45, 2.75) is 24.0 Å². The molecule has 1 atom stereocenters. The van der Waals surface area contributed by atoms with Crippen LogP contribution in [0.15, 0.2) is 138 Å². The van der Waals surface area contributed by atoms with Crippen LogP contribution in [-0.2, 0) is 9.59 Å². The number of amides is 3. The number of nitrogens with zero attached hydrogens (tertiary/aromatic N) is 1. The van der Waals surface area contributed by atoms with Gasteiger partial charge in [0.25, 0.3) is 11.8 Å². The molecule has 1 heterocycles. The minimum absolute atomic E-state index is 0.0719. The van der Waals surface area contributed by atoms with E-state index in [-0.39, 0.29) is 11.6 Å². The van der Waals surface area contributed by atoms with Gasteiger partial charge in [-0.1, -0.05) is 72.8 Å². The van der Waals surface area contributed by atoms with Crippen molar-refractivity contribution in [3.05, 3.63) is 161 Å². The molecule has 0 saturated heterocycles. The Balaban J connectivity index is 1.33. The Bertz CT molecular complexity index is 1790. The molecule has 0 aliphatic rings. The number of thioether (sulfide) groups is 1. The zero-order valence-corrected chi connectivity index (χ0v) is 25.7. The van der Waals surface area contributed by atoms with Crippen molar-refractivity contribution < 1.29 is 14.4 Å². The lowest BCUT2D eigenvalue weighted by Crippen LogP contribution is -2.30. The standard InChI is InChI=1S/C37H32N4O3S/c1-25-11-9-12-26(2)33(25)41-37(44)34(28-14-5-3-6-15-28)45-31-20-18-30(19-21-31)39-36(43)32(23-27-13-10-22-38-24-27)40-35(42)29-16-7-4-8-17-29/h3-24,34H,1-2H3,(H,39,43)(H,40,42)(H,41,44)/b32-23-. The molecule has 3 amide bonds. The van der Waals surface area contributed by atoms with E-state index in [0.717, 1.165) is 27.3 Å². The summed E-state index contributed by atoms with van der Waals surface area (Å²) in [6.07, 6.45) is 4.81. The van der Waals surface area contributed by atoms with Gasteiger partial charge >= 0.3 is 0 Å². The molecule has 0 aliphatic carbocycles. The van der Waals surface area contributed by atoms with Crippen LogP contribution in [0.25, 0.3) is 6.08 Å². The van der Waals surface area contributed by atoms with Crippen LogP contribution in [0.5, 0.6) is 0 Å². The summed E-state index contributed by atoms with van der Waals surface area (Å²) in [4.78, 5) is 44.8. The van der Waals surface area contributed by atoms with Crippen LogP contribution in [0.3, 0.4) is 0 Å². The van der Waals surface area contributed by atoms with E-state index >= 15 is 0 Å². The van der Waals surface area contributed by atoms with Crippen molar-refractivity contribution in [3.63, 3.8) is 0 Å². The third-order valence-electron chi connectivity index (χ3n) is 6.96. The second-order valence-electron chi connectivity index (χ2n) is 10.3. The molecule has 0 bridgehead atoms. The number of nitrogens with one attached hydrogen (secondary N) is 3. The predicted octanol–water partition coefficient (Wildman–Crippen LogP) is 7.58. The normalized spacial score (nSPS) is 11.7. The third-order valence-corrected chi connectivity index (χ3v) is 8.23. The molecule has 7 nitrogen and oxygen atoms in total. The summed E-state index contributed by atoms with van der Waals surface area (Å²) >= 11 is 1.42. The van der Waals surface area contributed by atoms with Gasteiger partial charge in [-0.05, 0) is 84.6 Å². The van der Waals surface area contributed by atoms with Gasteiger partial charge in [0, 0.05) is 34.2 Å². The van der Waals surface area contributed by atoms with Crippen LogP contribution in [0.4, 0.5) is 11.4 Å². The Morgan fingerprint density at radius 1 is 0.733 bits per heavy atom. The van der Waals surface area contributed by atoms with Crippen LogP contribution in [0.2, 0.25) is 0 Å². The zero-order valence-electron chi connectivity index (χ0n) is 24.9. The molecular weight excluding hydrogens is 580 g/mol. The summed E-state index contributed by atoms with van der Waals surface area (Å²) in [5, 5.41) is 8.23. The van der Waals surface area contributed by atoms with Gasteiger partial charge in [0.05, 0.1) is 0 Å². The number of aromatic nitrogens is 1. The molecule has 0 aliphatic heterocycles. The summed E-state index contributed by atoms with van der Waals surface area (Å²) < 4.78 is 0. The number of rotatable bonds is 10. The molecule has 5 aromatic rings. The maximum Gasteiger partial charge on any atom is 0.272 e. The van der Waals surface area contributed by atoms with Crippen LogP contribution in [-0.4, -0.2) is 22.7 Å². The van der Waals surface area contributed by atoms with Gasteiger partial charge in [-0.15, -0.1) is 11.8 Å². The molecule has 8 heteroatoms. The smallest absolute Gasteiger partial charge is 0.272 e. The van der Waals surface area contributed by atoms with Gasteiger partial charge in [0.2, 0.25) is 5.91 Å². The first-order valence-corrected chi connectivity index (χ1v) is 15.2. The van der Waals surface area contributed by atoms with E-state index < -0.39 is 17.1 Å². The Morgan fingerprint density at radius 3 is 2.04 bits per heavy atom. The van der Waals surface area contributed by atoms with Crippen molar-refractivity contribution in [2.24, 2.45) is 0 Å². The van der Waals surface area contributed by atoms with Crippen LogP contribution >= 0.6 is 11.8 Å². The molecule has 224 valence electrons. The molecule has 4 aromatic carbocycles. The first kappa shape index (κ1) is 31.0. The summed E-state index contributed by atoms with van der Waals surface area (Å²) in [6, 6.07) is 35.1. The van der Waals surface area contributed by atoms with E-state index in [1.54, 1.807) is 67.0 Å². The topological polar surface area (TPSA) is 100 Å². The van der Waals surface area contributed by atoms with Crippen molar-refractivity contribution >= 4 is 46.9 Å². The second kappa shape index (κ2) is 14.8. The van der Waals surface area contributed by atoms with Gasteiger partial charge in [-0.3, -0.25) is 19.4 Å². The maximum absolute atomic E-state index is 13.6. The first-order chi connectivity index (χ1) is 21.9. The summed E-state index contributed by atoms with van der Waals surface area (Å²) in [5.41, 5.74) is 5.38.